The van der Waals surface area contributed by atoms with Crippen LogP contribution in [-0.4, -0.2) is 44.1 Å². The van der Waals surface area contributed by atoms with Gasteiger partial charge in [-0.1, -0.05) is 11.2 Å². The molecule has 2 N–H and O–H groups in total. The number of nitrogens with zero attached hydrogens (tertiary/aromatic N) is 2. The highest BCUT2D eigenvalue weighted by Crippen LogP contribution is 2.33. The summed E-state index contributed by atoms with van der Waals surface area (Å²) >= 11 is 0. The third-order valence-electron chi connectivity index (χ3n) is 7.33. The number of aliphatic hydroxyl groups excluding tert-OH is 2. The number of hydrogen-bond acceptors (Lipinski definition) is 8. The van der Waals surface area contributed by atoms with Crippen LogP contribution in [0, 0.1) is 17.7 Å². The fourth-order valence-electron chi connectivity index (χ4n) is 4.95. The molecule has 0 spiro atoms. The van der Waals surface area contributed by atoms with Crippen molar-refractivity contribution in [2.75, 3.05) is 0 Å². The van der Waals surface area contributed by atoms with Gasteiger partial charge in [-0.05, 0) is 87.8 Å². The lowest BCUT2D eigenvalue weighted by Crippen LogP contribution is -2.17. The number of hydrogen-bond donors (Lipinski definition) is 2. The van der Waals surface area contributed by atoms with E-state index in [1.165, 1.54) is 12.1 Å². The van der Waals surface area contributed by atoms with Gasteiger partial charge in [-0.3, -0.25) is 9.59 Å². The minimum absolute atomic E-state index is 0.00396. The summed E-state index contributed by atoms with van der Waals surface area (Å²) in [5, 5.41) is 23.2. The zero-order valence-corrected chi connectivity index (χ0v) is 21.2. The molecule has 2 fully saturated rings. The maximum atomic E-state index is 14.8. The van der Waals surface area contributed by atoms with E-state index >= 15 is 0 Å². The lowest BCUT2D eigenvalue weighted by Gasteiger charge is -2.11. The van der Waals surface area contributed by atoms with Gasteiger partial charge in [0.15, 0.2) is 17.7 Å². The second kappa shape index (κ2) is 11.1. The molecule has 0 aliphatic heterocycles. The van der Waals surface area contributed by atoms with Gasteiger partial charge in [-0.15, -0.1) is 0 Å². The maximum Gasteiger partial charge on any atom is 0.267 e. The number of benzene rings is 2. The van der Waals surface area contributed by atoms with Crippen molar-refractivity contribution in [3.8, 4) is 17.1 Å². The van der Waals surface area contributed by atoms with Gasteiger partial charge in [0.2, 0.25) is 5.82 Å². The van der Waals surface area contributed by atoms with E-state index in [0.717, 1.165) is 12.8 Å². The molecular formula is C29H31FN2O6. The molecular weight excluding hydrogens is 491 g/mol. The van der Waals surface area contributed by atoms with E-state index in [0.29, 0.717) is 42.6 Å². The summed E-state index contributed by atoms with van der Waals surface area (Å²) in [6.07, 6.45) is 2.46. The molecule has 2 aliphatic carbocycles. The normalized spacial score (nSPS) is 20.4. The van der Waals surface area contributed by atoms with Gasteiger partial charge in [0.1, 0.15) is 11.6 Å². The lowest BCUT2D eigenvalue weighted by molar-refractivity contribution is 0.0438. The van der Waals surface area contributed by atoms with E-state index in [9.17, 15) is 24.2 Å². The molecule has 0 radical (unpaired) electrons. The molecule has 8 nitrogen and oxygen atoms in total. The molecule has 2 aliphatic rings. The van der Waals surface area contributed by atoms with Crippen molar-refractivity contribution in [3.05, 3.63) is 65.3 Å². The lowest BCUT2D eigenvalue weighted by atomic mass is 9.97. The molecule has 3 aromatic rings. The van der Waals surface area contributed by atoms with Gasteiger partial charge in [0.25, 0.3) is 5.89 Å². The van der Waals surface area contributed by atoms with Crippen molar-refractivity contribution in [1.29, 1.82) is 0 Å². The van der Waals surface area contributed by atoms with Crippen molar-refractivity contribution in [2.45, 2.75) is 70.2 Å². The van der Waals surface area contributed by atoms with Crippen molar-refractivity contribution >= 4 is 11.6 Å². The third kappa shape index (κ3) is 6.00. The Morgan fingerprint density at radius 1 is 1.11 bits per heavy atom. The monoisotopic (exact) mass is 522 g/mol. The number of carbonyl (C=O) groups excluding carboxylic acids is 2. The van der Waals surface area contributed by atoms with E-state index in [4.69, 9.17) is 9.26 Å². The molecule has 0 saturated heterocycles. The molecule has 1 aromatic heterocycles. The Kier molecular flexibility index (Phi) is 7.67. The van der Waals surface area contributed by atoms with Crippen LogP contribution in [0.5, 0.6) is 5.75 Å². The highest BCUT2D eigenvalue weighted by Gasteiger charge is 2.31. The number of carbonyl (C=O) groups is 2. The molecule has 2 aromatic carbocycles. The Labute approximate surface area is 219 Å². The van der Waals surface area contributed by atoms with E-state index in [1.807, 2.05) is 0 Å². The average molecular weight is 523 g/mol. The number of rotatable bonds is 11. The highest BCUT2D eigenvalue weighted by atomic mass is 19.1. The van der Waals surface area contributed by atoms with Crippen LogP contribution < -0.4 is 4.74 Å². The Balaban J connectivity index is 1.16. The van der Waals surface area contributed by atoms with Crippen LogP contribution in [0.25, 0.3) is 11.4 Å². The van der Waals surface area contributed by atoms with Crippen molar-refractivity contribution < 1.29 is 33.5 Å². The second-order valence-electron chi connectivity index (χ2n) is 10.4. The van der Waals surface area contributed by atoms with Crippen LogP contribution in [-0.2, 0) is 0 Å². The fraction of sp³-hybridized carbons (Fsp3) is 0.448. The van der Waals surface area contributed by atoms with Crippen molar-refractivity contribution in [3.63, 3.8) is 0 Å². The molecule has 1 heterocycles. The molecule has 0 bridgehead atoms. The largest absolute Gasteiger partial charge is 0.481 e. The van der Waals surface area contributed by atoms with Crippen LogP contribution >= 0.6 is 0 Å². The molecule has 2 saturated carbocycles. The van der Waals surface area contributed by atoms with E-state index in [1.54, 1.807) is 37.3 Å². The number of ether oxygens (including phenoxy) is 1. The quantitative estimate of drug-likeness (QED) is 0.334. The molecule has 5 rings (SSSR count). The average Bonchev–Trinajstić information content (AvgIpc) is 3.54. The summed E-state index contributed by atoms with van der Waals surface area (Å²) in [4.78, 5) is 29.0. The van der Waals surface area contributed by atoms with Crippen LogP contribution in [0.2, 0.25) is 0 Å². The third-order valence-corrected chi connectivity index (χ3v) is 7.33. The SMILES string of the molecule is C[C@@H](Oc1ccc(C(=O)C2CC2)cc1)c1nc(-c2ccc(C(=O)CCCC3C[C@H](O)[C@@H](O)C3)c(F)c2)no1. The van der Waals surface area contributed by atoms with Gasteiger partial charge < -0.3 is 19.5 Å². The Bertz CT molecular complexity index is 1290. The minimum Gasteiger partial charge on any atom is -0.481 e. The topological polar surface area (TPSA) is 123 Å². The molecule has 38 heavy (non-hydrogen) atoms. The smallest absolute Gasteiger partial charge is 0.267 e. The standard InChI is InChI=1S/C29H31FN2O6/c1-16(37-21-10-7-19(8-11-21)27(36)18-5-6-18)29-31-28(32-38-29)20-9-12-22(23(30)15-20)24(33)4-2-3-17-13-25(34)26(35)14-17/h7-12,15-18,25-26,34-35H,2-6,13-14H2,1H3/t16-,25+,26+/m1/s1. The Morgan fingerprint density at radius 3 is 2.47 bits per heavy atom. The first-order valence-electron chi connectivity index (χ1n) is 13.1. The Morgan fingerprint density at radius 2 is 1.82 bits per heavy atom. The zero-order chi connectivity index (χ0) is 26.8. The minimum atomic E-state index is -0.698. The molecule has 0 unspecified atom stereocenters. The van der Waals surface area contributed by atoms with Crippen LogP contribution in [0.3, 0.4) is 0 Å². The van der Waals surface area contributed by atoms with Crippen LogP contribution in [0.15, 0.2) is 47.0 Å². The summed E-state index contributed by atoms with van der Waals surface area (Å²) < 4.78 is 26.0. The second-order valence-corrected chi connectivity index (χ2v) is 10.4. The highest BCUT2D eigenvalue weighted by molar-refractivity contribution is 5.99. The van der Waals surface area contributed by atoms with Gasteiger partial charge in [-0.2, -0.15) is 4.98 Å². The zero-order valence-electron chi connectivity index (χ0n) is 21.2. The number of aromatic nitrogens is 2. The van der Waals surface area contributed by atoms with E-state index < -0.39 is 24.1 Å². The fourth-order valence-corrected chi connectivity index (χ4v) is 4.95. The summed E-state index contributed by atoms with van der Waals surface area (Å²) in [5.41, 5.74) is 1.05. The number of halogens is 1. The molecule has 3 atom stereocenters. The molecule has 9 heteroatoms. The summed E-state index contributed by atoms with van der Waals surface area (Å²) in [5.74, 6) is 0.482. The van der Waals surface area contributed by atoms with Crippen LogP contribution in [0.1, 0.15) is 84.6 Å². The maximum absolute atomic E-state index is 14.8. The van der Waals surface area contributed by atoms with Crippen molar-refractivity contribution in [1.82, 2.24) is 10.1 Å². The predicted molar refractivity (Wildman–Crippen MR) is 135 cm³/mol. The first kappa shape index (κ1) is 26.2. The number of Topliss-reactive ketones (excluding diaryl/α,β-unsaturated/α-hetero) is 2. The summed E-state index contributed by atoms with van der Waals surface area (Å²) in [7, 11) is 0. The molecule has 200 valence electrons. The first-order valence-corrected chi connectivity index (χ1v) is 13.1. The van der Waals surface area contributed by atoms with Crippen molar-refractivity contribution in [2.24, 2.45) is 11.8 Å². The van der Waals surface area contributed by atoms with Crippen LogP contribution in [0.4, 0.5) is 4.39 Å². The number of ketones is 2. The van der Waals surface area contributed by atoms with E-state index in [-0.39, 0.29) is 47.1 Å². The molecule has 0 amide bonds. The van der Waals surface area contributed by atoms with Gasteiger partial charge in [0, 0.05) is 23.5 Å². The Hall–Kier alpha value is -3.43. The first-order chi connectivity index (χ1) is 18.3. The number of aliphatic hydroxyl groups is 2. The van der Waals surface area contributed by atoms with E-state index in [2.05, 4.69) is 10.1 Å². The van der Waals surface area contributed by atoms with Gasteiger partial charge >= 0.3 is 0 Å². The predicted octanol–water partition coefficient (Wildman–Crippen LogP) is 5.09. The van der Waals surface area contributed by atoms with Gasteiger partial charge in [-0.25, -0.2) is 4.39 Å². The van der Waals surface area contributed by atoms with Gasteiger partial charge in [0.05, 0.1) is 17.8 Å². The summed E-state index contributed by atoms with van der Waals surface area (Å²) in [6, 6.07) is 11.2. The summed E-state index contributed by atoms with van der Waals surface area (Å²) in [6.45, 7) is 1.75.